The first-order chi connectivity index (χ1) is 14.3. The predicted octanol–water partition coefficient (Wildman–Crippen LogP) is 7.53. The monoisotopic (exact) mass is 382 g/mol. The van der Waals surface area contributed by atoms with E-state index in [0.29, 0.717) is 0 Å². The molecule has 4 aromatic rings. The molecular weight excluding hydrogens is 352 g/mol. The van der Waals surface area contributed by atoms with E-state index in [1.807, 2.05) is 0 Å². The zero-order valence-electron chi connectivity index (χ0n) is 17.3. The van der Waals surface area contributed by atoms with Crippen LogP contribution in [0.15, 0.2) is 78.9 Å². The van der Waals surface area contributed by atoms with Crippen LogP contribution in [0, 0.1) is 0 Å². The molecule has 0 heterocycles. The van der Waals surface area contributed by atoms with Gasteiger partial charge < -0.3 is 5.11 Å². The minimum Gasteiger partial charge on any atom is -0.393 e. The Morgan fingerprint density at radius 2 is 1.48 bits per heavy atom. The van der Waals surface area contributed by atoms with Gasteiger partial charge in [-0.2, -0.15) is 0 Å². The summed E-state index contributed by atoms with van der Waals surface area (Å²) in [6, 6.07) is 28.3. The van der Waals surface area contributed by atoms with Crippen molar-refractivity contribution >= 4 is 21.5 Å². The van der Waals surface area contributed by atoms with E-state index < -0.39 is 0 Å². The topological polar surface area (TPSA) is 20.2 Å². The number of aliphatic hydroxyl groups is 1. The van der Waals surface area contributed by atoms with Gasteiger partial charge in [-0.1, -0.05) is 105 Å². The molecule has 148 valence electrons. The highest BCUT2D eigenvalue weighted by Crippen LogP contribution is 2.35. The van der Waals surface area contributed by atoms with Gasteiger partial charge in [0, 0.05) is 0 Å². The summed E-state index contributed by atoms with van der Waals surface area (Å²) in [6.45, 7) is 2.22. The van der Waals surface area contributed by atoms with Crippen LogP contribution in [-0.2, 0) is 6.42 Å². The van der Waals surface area contributed by atoms with Crippen LogP contribution < -0.4 is 0 Å². The first kappa shape index (κ1) is 19.7. The van der Waals surface area contributed by atoms with E-state index in [2.05, 4.69) is 85.8 Å². The molecule has 0 aliphatic heterocycles. The standard InChI is InChI=1S/C28H30O/c1-2-3-4-5-14-24(29)19-21-11-10-13-22(18-21)28-20-23-12-6-7-15-25(23)26-16-8-9-17-27(26)28/h6-13,15-18,20,24,29H,2-5,14,19H2,1H3. The molecule has 0 radical (unpaired) electrons. The maximum Gasteiger partial charge on any atom is 0.0580 e. The van der Waals surface area contributed by atoms with E-state index in [-0.39, 0.29) is 6.10 Å². The lowest BCUT2D eigenvalue weighted by Crippen LogP contribution is -2.10. The molecule has 0 amide bonds. The zero-order chi connectivity index (χ0) is 20.1. The van der Waals surface area contributed by atoms with E-state index in [9.17, 15) is 5.11 Å². The average molecular weight is 383 g/mol. The number of fused-ring (bicyclic) bond motifs is 3. The van der Waals surface area contributed by atoms with Gasteiger partial charge in [0.1, 0.15) is 0 Å². The summed E-state index contributed by atoms with van der Waals surface area (Å²) in [4.78, 5) is 0. The van der Waals surface area contributed by atoms with Crippen molar-refractivity contribution in [2.45, 2.75) is 51.6 Å². The summed E-state index contributed by atoms with van der Waals surface area (Å²) in [6.07, 6.45) is 6.19. The normalized spacial score (nSPS) is 12.5. The van der Waals surface area contributed by atoms with Crippen molar-refractivity contribution in [2.24, 2.45) is 0 Å². The lowest BCUT2D eigenvalue weighted by Gasteiger charge is -2.14. The largest absolute Gasteiger partial charge is 0.393 e. The minimum atomic E-state index is -0.254. The Bertz CT molecular complexity index is 1100. The maximum atomic E-state index is 10.5. The second-order valence-corrected chi connectivity index (χ2v) is 8.10. The Morgan fingerprint density at radius 3 is 2.31 bits per heavy atom. The van der Waals surface area contributed by atoms with Crippen LogP contribution in [0.3, 0.4) is 0 Å². The van der Waals surface area contributed by atoms with Gasteiger partial charge in [0.2, 0.25) is 0 Å². The number of hydrogen-bond acceptors (Lipinski definition) is 1. The summed E-state index contributed by atoms with van der Waals surface area (Å²) in [5, 5.41) is 15.6. The molecule has 29 heavy (non-hydrogen) atoms. The second kappa shape index (κ2) is 9.24. The Hall–Kier alpha value is -2.64. The highest BCUT2D eigenvalue weighted by molar-refractivity contribution is 6.13. The van der Waals surface area contributed by atoms with Crippen molar-refractivity contribution in [3.63, 3.8) is 0 Å². The highest BCUT2D eigenvalue weighted by atomic mass is 16.3. The molecule has 1 N–H and O–H groups in total. The third-order valence-electron chi connectivity index (χ3n) is 5.87. The number of aliphatic hydroxyl groups excluding tert-OH is 1. The number of rotatable bonds is 8. The van der Waals surface area contributed by atoms with Crippen molar-refractivity contribution < 1.29 is 5.11 Å². The molecule has 1 atom stereocenters. The van der Waals surface area contributed by atoms with Gasteiger partial charge in [-0.05, 0) is 57.1 Å². The van der Waals surface area contributed by atoms with Gasteiger partial charge in [-0.3, -0.25) is 0 Å². The van der Waals surface area contributed by atoms with Crippen molar-refractivity contribution in [1.29, 1.82) is 0 Å². The lowest BCUT2D eigenvalue weighted by atomic mass is 9.92. The van der Waals surface area contributed by atoms with Gasteiger partial charge in [0.15, 0.2) is 0 Å². The summed E-state index contributed by atoms with van der Waals surface area (Å²) in [7, 11) is 0. The Balaban J connectivity index is 1.65. The summed E-state index contributed by atoms with van der Waals surface area (Å²) < 4.78 is 0. The zero-order valence-corrected chi connectivity index (χ0v) is 17.3. The fraction of sp³-hybridized carbons (Fsp3) is 0.286. The summed E-state index contributed by atoms with van der Waals surface area (Å²) in [5.41, 5.74) is 3.70. The van der Waals surface area contributed by atoms with Gasteiger partial charge >= 0.3 is 0 Å². The molecule has 4 rings (SSSR count). The smallest absolute Gasteiger partial charge is 0.0580 e. The lowest BCUT2D eigenvalue weighted by molar-refractivity contribution is 0.161. The highest BCUT2D eigenvalue weighted by Gasteiger charge is 2.10. The second-order valence-electron chi connectivity index (χ2n) is 8.10. The number of benzene rings is 4. The molecule has 0 bridgehead atoms. The minimum absolute atomic E-state index is 0.254. The van der Waals surface area contributed by atoms with E-state index in [4.69, 9.17) is 0 Å². The molecule has 4 aromatic carbocycles. The third kappa shape index (κ3) is 4.52. The fourth-order valence-electron chi connectivity index (χ4n) is 4.34. The molecule has 0 fully saturated rings. The summed E-state index contributed by atoms with van der Waals surface area (Å²) in [5.74, 6) is 0. The van der Waals surface area contributed by atoms with Crippen LogP contribution in [0.1, 0.15) is 44.6 Å². The van der Waals surface area contributed by atoms with Gasteiger partial charge in [-0.15, -0.1) is 0 Å². The Kier molecular flexibility index (Phi) is 6.27. The Morgan fingerprint density at radius 1 is 0.724 bits per heavy atom. The van der Waals surface area contributed by atoms with Crippen LogP contribution in [-0.4, -0.2) is 11.2 Å². The first-order valence-corrected chi connectivity index (χ1v) is 10.9. The summed E-state index contributed by atoms with van der Waals surface area (Å²) >= 11 is 0. The maximum absolute atomic E-state index is 10.5. The van der Waals surface area contributed by atoms with Gasteiger partial charge in [-0.25, -0.2) is 0 Å². The molecule has 0 aliphatic rings. The molecule has 0 spiro atoms. The van der Waals surface area contributed by atoms with E-state index in [1.54, 1.807) is 0 Å². The van der Waals surface area contributed by atoms with Crippen molar-refractivity contribution in [1.82, 2.24) is 0 Å². The van der Waals surface area contributed by atoms with Gasteiger partial charge in [0.05, 0.1) is 6.10 Å². The van der Waals surface area contributed by atoms with E-state index in [0.717, 1.165) is 19.3 Å². The average Bonchev–Trinajstić information content (AvgIpc) is 2.76. The SMILES string of the molecule is CCCCCCC(O)Cc1cccc(-c2cc3ccccc3c3ccccc23)c1. The Labute approximate surface area is 174 Å². The first-order valence-electron chi connectivity index (χ1n) is 10.9. The van der Waals surface area contributed by atoms with Crippen molar-refractivity contribution in [3.05, 3.63) is 84.4 Å². The molecular formula is C28H30O. The van der Waals surface area contributed by atoms with Crippen LogP contribution in [0.5, 0.6) is 0 Å². The molecule has 1 unspecified atom stereocenters. The molecule has 0 saturated carbocycles. The van der Waals surface area contributed by atoms with Crippen LogP contribution >= 0.6 is 0 Å². The fourth-order valence-corrected chi connectivity index (χ4v) is 4.34. The molecule has 0 saturated heterocycles. The quantitative estimate of drug-likeness (QED) is 0.246. The number of unbranched alkanes of at least 4 members (excludes halogenated alkanes) is 3. The van der Waals surface area contributed by atoms with Crippen LogP contribution in [0.2, 0.25) is 0 Å². The predicted molar refractivity (Wildman–Crippen MR) is 125 cm³/mol. The van der Waals surface area contributed by atoms with Crippen LogP contribution in [0.4, 0.5) is 0 Å². The van der Waals surface area contributed by atoms with Crippen LogP contribution in [0.25, 0.3) is 32.7 Å². The molecule has 1 nitrogen and oxygen atoms in total. The van der Waals surface area contributed by atoms with Crippen molar-refractivity contribution in [3.8, 4) is 11.1 Å². The van der Waals surface area contributed by atoms with E-state index in [1.165, 1.54) is 57.5 Å². The van der Waals surface area contributed by atoms with Gasteiger partial charge in [0.25, 0.3) is 0 Å². The third-order valence-corrected chi connectivity index (χ3v) is 5.87. The molecule has 0 aliphatic carbocycles. The van der Waals surface area contributed by atoms with Crippen molar-refractivity contribution in [2.75, 3.05) is 0 Å². The molecule has 1 heteroatoms. The van der Waals surface area contributed by atoms with E-state index >= 15 is 0 Å². The molecule has 0 aromatic heterocycles. The number of hydrogen-bond donors (Lipinski definition) is 1.